The van der Waals surface area contributed by atoms with E-state index in [2.05, 4.69) is 36.5 Å². The van der Waals surface area contributed by atoms with E-state index in [-0.39, 0.29) is 18.7 Å². The van der Waals surface area contributed by atoms with Gasteiger partial charge in [-0.05, 0) is 67.5 Å². The van der Waals surface area contributed by atoms with Crippen LogP contribution in [0.5, 0.6) is 17.2 Å². The molecule has 3 heterocycles. The number of urea groups is 1. The minimum absolute atomic E-state index is 0.152. The minimum atomic E-state index is -1.10. The third-order valence-corrected chi connectivity index (χ3v) is 8.20. The molecule has 0 bridgehead atoms. The molecule has 0 spiro atoms. The van der Waals surface area contributed by atoms with E-state index in [4.69, 9.17) is 19.2 Å². The first-order valence-electron chi connectivity index (χ1n) is 14.6. The largest absolute Gasteiger partial charge is 0.493 e. The van der Waals surface area contributed by atoms with Gasteiger partial charge >= 0.3 is 6.03 Å². The van der Waals surface area contributed by atoms with Crippen molar-refractivity contribution in [2.45, 2.75) is 51.5 Å². The predicted octanol–water partition coefficient (Wildman–Crippen LogP) is 6.27. The Balaban J connectivity index is 1.08. The fraction of sp³-hybridized carbons (Fsp3) is 0.324. The van der Waals surface area contributed by atoms with Crippen LogP contribution in [0.15, 0.2) is 72.9 Å². The summed E-state index contributed by atoms with van der Waals surface area (Å²) in [7, 11) is 0. The number of hydrogen-bond donors (Lipinski definition) is 1. The number of aryl methyl sites for hydroxylation is 1. The van der Waals surface area contributed by atoms with Crippen molar-refractivity contribution in [1.82, 2.24) is 15.2 Å². The average molecular weight is 566 g/mol. The zero-order valence-corrected chi connectivity index (χ0v) is 24.0. The summed E-state index contributed by atoms with van der Waals surface area (Å²) in [5.74, 6) is 1.88. The van der Waals surface area contributed by atoms with Gasteiger partial charge in [0.1, 0.15) is 11.3 Å². The molecule has 0 radical (unpaired) electrons. The van der Waals surface area contributed by atoms with Crippen LogP contribution in [0.25, 0.3) is 10.9 Å². The third-order valence-electron chi connectivity index (χ3n) is 8.20. The smallest absolute Gasteiger partial charge is 0.325 e. The molecule has 1 N–H and O–H groups in total. The quantitative estimate of drug-likeness (QED) is 0.170. The molecular formula is C34H35N3O5. The van der Waals surface area contributed by atoms with E-state index in [9.17, 15) is 9.59 Å². The summed E-state index contributed by atoms with van der Waals surface area (Å²) in [4.78, 5) is 32.6. The van der Waals surface area contributed by atoms with Crippen LogP contribution in [0.3, 0.4) is 0 Å². The number of ether oxygens (including phenoxy) is 3. The Kier molecular flexibility index (Phi) is 7.69. The van der Waals surface area contributed by atoms with Crippen LogP contribution in [0.4, 0.5) is 4.79 Å². The van der Waals surface area contributed by atoms with Crippen molar-refractivity contribution in [1.29, 1.82) is 0 Å². The molecular weight excluding hydrogens is 530 g/mol. The minimum Gasteiger partial charge on any atom is -0.493 e. The Morgan fingerprint density at radius 2 is 1.81 bits per heavy atom. The number of para-hydroxylation sites is 1. The normalized spacial score (nSPS) is 17.6. The second kappa shape index (κ2) is 11.7. The van der Waals surface area contributed by atoms with Crippen LogP contribution in [-0.4, -0.2) is 41.8 Å². The number of rotatable bonds is 11. The molecule has 1 fully saturated rings. The van der Waals surface area contributed by atoms with Crippen molar-refractivity contribution < 1.29 is 23.8 Å². The highest BCUT2D eigenvalue weighted by Crippen LogP contribution is 2.39. The van der Waals surface area contributed by atoms with Crippen LogP contribution >= 0.6 is 0 Å². The Morgan fingerprint density at radius 1 is 0.976 bits per heavy atom. The molecule has 0 saturated carbocycles. The molecule has 8 nitrogen and oxygen atoms in total. The molecule has 3 amide bonds. The summed E-state index contributed by atoms with van der Waals surface area (Å²) < 4.78 is 17.3. The van der Waals surface area contributed by atoms with E-state index in [1.807, 2.05) is 43.5 Å². The molecule has 1 aromatic heterocycles. The number of nitrogens with zero attached hydrogens (tertiary/aromatic N) is 2. The van der Waals surface area contributed by atoms with Gasteiger partial charge in [0.25, 0.3) is 5.91 Å². The number of pyridine rings is 1. The Morgan fingerprint density at radius 3 is 2.64 bits per heavy atom. The summed E-state index contributed by atoms with van der Waals surface area (Å²) in [6.45, 7) is 5.00. The molecule has 6 rings (SSSR count). The Labute approximate surface area is 245 Å². The van der Waals surface area contributed by atoms with E-state index < -0.39 is 5.54 Å². The number of benzene rings is 3. The van der Waals surface area contributed by atoms with E-state index in [0.717, 1.165) is 47.0 Å². The number of carbonyl (C=O) groups is 2. The van der Waals surface area contributed by atoms with Gasteiger partial charge in [-0.25, -0.2) is 4.79 Å². The van der Waals surface area contributed by atoms with Gasteiger partial charge in [0, 0.05) is 30.1 Å². The predicted molar refractivity (Wildman–Crippen MR) is 160 cm³/mol. The van der Waals surface area contributed by atoms with Gasteiger partial charge in [-0.15, -0.1) is 0 Å². The monoisotopic (exact) mass is 565 g/mol. The lowest BCUT2D eigenvalue weighted by atomic mass is 9.87. The number of unbranched alkanes of at least 4 members (excludes halogenated alkanes) is 2. The summed E-state index contributed by atoms with van der Waals surface area (Å²) in [6, 6.07) is 21.5. The standard InChI is InChI=1S/C34H35N3O5/c1-3-34(26-15-16-28-29(20-26)42-22-41-28)32(38)37(33(39)36-34)17-8-5-9-18-40-31-25(19-24-12-6-4-7-13-24)21-35-30-23(2)11-10-14-27(30)31/h4,6-7,10-16,20-21H,3,5,8-9,17-19,22H2,1-2H3,(H,36,39). The molecule has 2 aliphatic heterocycles. The van der Waals surface area contributed by atoms with Crippen molar-refractivity contribution in [3.05, 3.63) is 95.2 Å². The second-order valence-corrected chi connectivity index (χ2v) is 10.9. The van der Waals surface area contributed by atoms with Crippen molar-refractivity contribution in [3.8, 4) is 17.2 Å². The van der Waals surface area contributed by atoms with Gasteiger partial charge in [-0.2, -0.15) is 0 Å². The van der Waals surface area contributed by atoms with E-state index in [1.165, 1.54) is 10.5 Å². The zero-order valence-electron chi connectivity index (χ0n) is 24.0. The van der Waals surface area contributed by atoms with Gasteiger partial charge in [-0.1, -0.05) is 55.5 Å². The number of amides is 3. The molecule has 1 saturated heterocycles. The van der Waals surface area contributed by atoms with Gasteiger partial charge in [-0.3, -0.25) is 14.7 Å². The first-order chi connectivity index (χ1) is 20.5. The molecule has 42 heavy (non-hydrogen) atoms. The second-order valence-electron chi connectivity index (χ2n) is 10.9. The highest BCUT2D eigenvalue weighted by molar-refractivity contribution is 6.07. The summed E-state index contributed by atoms with van der Waals surface area (Å²) in [6.07, 6.45) is 5.40. The molecule has 2 aliphatic rings. The number of fused-ring (bicyclic) bond motifs is 2. The maximum atomic E-state index is 13.6. The Hall–Kier alpha value is -4.59. The SMILES string of the molecule is CCC1(c2ccc3c(c2)OCO3)NC(=O)N(CCCCCOc2c(Cc3ccccc3)cnc3c(C)cccc23)C1=O. The van der Waals surface area contributed by atoms with Gasteiger partial charge in [0.05, 0.1) is 12.1 Å². The van der Waals surface area contributed by atoms with Crippen LogP contribution in [0.1, 0.15) is 54.9 Å². The van der Waals surface area contributed by atoms with E-state index in [1.54, 1.807) is 12.1 Å². The maximum absolute atomic E-state index is 13.6. The van der Waals surface area contributed by atoms with Gasteiger partial charge in [0.15, 0.2) is 11.5 Å². The summed E-state index contributed by atoms with van der Waals surface area (Å²) in [5.41, 5.74) is 3.92. The van der Waals surface area contributed by atoms with Crippen molar-refractivity contribution >= 4 is 22.8 Å². The lowest BCUT2D eigenvalue weighted by molar-refractivity contribution is -0.131. The molecule has 4 aromatic rings. The van der Waals surface area contributed by atoms with Crippen molar-refractivity contribution in [2.75, 3.05) is 19.9 Å². The number of aromatic nitrogens is 1. The molecule has 1 unspecified atom stereocenters. The highest BCUT2D eigenvalue weighted by Gasteiger charge is 2.51. The number of nitrogens with one attached hydrogen (secondary N) is 1. The third kappa shape index (κ3) is 5.13. The fourth-order valence-electron chi connectivity index (χ4n) is 5.85. The number of carbonyl (C=O) groups excluding carboxylic acids is 2. The lowest BCUT2D eigenvalue weighted by Crippen LogP contribution is -2.43. The summed E-state index contributed by atoms with van der Waals surface area (Å²) >= 11 is 0. The lowest BCUT2D eigenvalue weighted by Gasteiger charge is -2.26. The molecule has 8 heteroatoms. The van der Waals surface area contributed by atoms with Crippen molar-refractivity contribution in [2.24, 2.45) is 0 Å². The molecule has 3 aromatic carbocycles. The van der Waals surface area contributed by atoms with Crippen molar-refractivity contribution in [3.63, 3.8) is 0 Å². The van der Waals surface area contributed by atoms with Crippen LogP contribution in [0.2, 0.25) is 0 Å². The molecule has 1 atom stereocenters. The topological polar surface area (TPSA) is 90.0 Å². The van der Waals surface area contributed by atoms with Crippen LogP contribution in [0, 0.1) is 6.92 Å². The average Bonchev–Trinajstić information content (AvgIpc) is 3.58. The number of hydrogen-bond acceptors (Lipinski definition) is 6. The fourth-order valence-corrected chi connectivity index (χ4v) is 5.85. The molecule has 0 aliphatic carbocycles. The van der Waals surface area contributed by atoms with Gasteiger partial charge in [0.2, 0.25) is 6.79 Å². The van der Waals surface area contributed by atoms with Crippen LogP contribution in [-0.2, 0) is 16.8 Å². The zero-order chi connectivity index (χ0) is 29.1. The first-order valence-corrected chi connectivity index (χ1v) is 14.6. The van der Waals surface area contributed by atoms with Gasteiger partial charge < -0.3 is 19.5 Å². The van der Waals surface area contributed by atoms with Crippen LogP contribution < -0.4 is 19.5 Å². The molecule has 216 valence electrons. The van der Waals surface area contributed by atoms with E-state index >= 15 is 0 Å². The Bertz CT molecular complexity index is 1620. The first kappa shape index (κ1) is 27.6. The summed E-state index contributed by atoms with van der Waals surface area (Å²) in [5, 5.41) is 3.97. The highest BCUT2D eigenvalue weighted by atomic mass is 16.7. The van der Waals surface area contributed by atoms with E-state index in [0.29, 0.717) is 43.1 Å². The maximum Gasteiger partial charge on any atom is 0.325 e. The number of imide groups is 1.